The number of aliphatic imine (C=N–C) groups is 1. The van der Waals surface area contributed by atoms with Gasteiger partial charge in [-0.1, -0.05) is 0 Å². The van der Waals surface area contributed by atoms with Crippen LogP contribution in [0.1, 0.15) is 23.2 Å². The van der Waals surface area contributed by atoms with Crippen LogP contribution in [-0.2, 0) is 9.59 Å². The van der Waals surface area contributed by atoms with E-state index in [1.165, 1.54) is 12.1 Å². The van der Waals surface area contributed by atoms with Gasteiger partial charge in [0.05, 0.1) is 30.8 Å². The van der Waals surface area contributed by atoms with Gasteiger partial charge in [-0.2, -0.15) is 4.98 Å². The van der Waals surface area contributed by atoms with Crippen molar-refractivity contribution in [3.8, 4) is 0 Å². The Balaban J connectivity index is 0.00000289. The number of benzene rings is 1. The molecule has 0 radical (unpaired) electrons. The summed E-state index contributed by atoms with van der Waals surface area (Å²) >= 11 is 0. The van der Waals surface area contributed by atoms with Crippen LogP contribution in [0, 0.1) is 0 Å². The molecule has 1 aliphatic heterocycles. The summed E-state index contributed by atoms with van der Waals surface area (Å²) in [7, 11) is 0. The predicted octanol–water partition coefficient (Wildman–Crippen LogP) is -8.65. The monoisotopic (exact) mass is 519 g/mol. The number of rotatable bonds is 9. The minimum absolute atomic E-state index is 0. The summed E-state index contributed by atoms with van der Waals surface area (Å²) < 4.78 is 0. The molecule has 1 amide bonds. The molecule has 0 fully saturated rings. The molecule has 1 aromatic heterocycles. The van der Waals surface area contributed by atoms with Gasteiger partial charge in [0.2, 0.25) is 5.95 Å². The normalized spacial score (nSPS) is 12.4. The maximum absolute atomic E-state index is 12.2. The molecular weight excluding hydrogens is 500 g/mol. The van der Waals surface area contributed by atoms with E-state index in [-0.39, 0.29) is 126 Å². The number of carbonyl (C=O) groups excluding carboxylic acids is 3. The Morgan fingerprint density at radius 3 is 2.44 bits per heavy atom. The summed E-state index contributed by atoms with van der Waals surface area (Å²) in [6.07, 6.45) is -0.874. The third-order valence-electron chi connectivity index (χ3n) is 4.51. The summed E-state index contributed by atoms with van der Waals surface area (Å²) in [4.78, 5) is 56.4. The standard InChI is InChI=1S/C19H21N7O6.2K/c20-19-25-15-14(17(30)26-19)23-11(8-22-15)7-21-10-3-1-9(2-4-10)16(29)24-12(18(31)32)5-6-13(27)28;;/h1-4,12,21H,5-8H2,(H,24,29)(H,27,28)(H,31,32)(H4,20,22,25,26,30);;/q;2*+1/p-2. The molecule has 2 heterocycles. The van der Waals surface area contributed by atoms with Crippen molar-refractivity contribution >= 4 is 46.7 Å². The van der Waals surface area contributed by atoms with Crippen LogP contribution in [0.5, 0.6) is 0 Å². The molecule has 1 aromatic carbocycles. The van der Waals surface area contributed by atoms with Crippen LogP contribution in [-0.4, -0.2) is 52.7 Å². The second kappa shape index (κ2) is 14.4. The van der Waals surface area contributed by atoms with Gasteiger partial charge in [-0.05, 0) is 37.1 Å². The zero-order valence-corrected chi connectivity index (χ0v) is 24.9. The van der Waals surface area contributed by atoms with Gasteiger partial charge in [0.15, 0.2) is 11.5 Å². The van der Waals surface area contributed by atoms with Crippen LogP contribution in [0.2, 0.25) is 0 Å². The molecule has 0 spiro atoms. The zero-order valence-electron chi connectivity index (χ0n) is 18.6. The topological polar surface area (TPSA) is 218 Å². The Kier molecular flexibility index (Phi) is 13.1. The van der Waals surface area contributed by atoms with E-state index in [4.69, 9.17) is 5.73 Å². The predicted molar refractivity (Wildman–Crippen MR) is 110 cm³/mol. The van der Waals surface area contributed by atoms with E-state index in [0.29, 0.717) is 30.3 Å². The summed E-state index contributed by atoms with van der Waals surface area (Å²) in [5.74, 6) is -3.40. The number of anilines is 3. The summed E-state index contributed by atoms with van der Waals surface area (Å²) in [5.41, 5.74) is 6.64. The van der Waals surface area contributed by atoms with Crippen molar-refractivity contribution in [2.75, 3.05) is 29.5 Å². The maximum Gasteiger partial charge on any atom is 1.00 e. The van der Waals surface area contributed by atoms with E-state index < -0.39 is 35.9 Å². The van der Waals surface area contributed by atoms with Gasteiger partial charge in [-0.3, -0.25) is 14.6 Å². The molecule has 0 aliphatic carbocycles. The van der Waals surface area contributed by atoms with Gasteiger partial charge in [0, 0.05) is 17.2 Å². The third kappa shape index (κ3) is 8.81. The van der Waals surface area contributed by atoms with Crippen molar-refractivity contribution in [3.05, 3.63) is 40.2 Å². The molecule has 3 rings (SSSR count). The van der Waals surface area contributed by atoms with E-state index in [1.807, 2.05) is 0 Å². The number of hydrogen-bond donors (Lipinski definition) is 5. The molecular formula is C19H19K2N7O6. The first-order chi connectivity index (χ1) is 15.2. The molecule has 34 heavy (non-hydrogen) atoms. The summed E-state index contributed by atoms with van der Waals surface area (Å²) in [6.45, 7) is 0.657. The van der Waals surface area contributed by atoms with Gasteiger partial charge in [-0.25, -0.2) is 4.99 Å². The van der Waals surface area contributed by atoms with Crippen LogP contribution in [0.3, 0.4) is 0 Å². The van der Waals surface area contributed by atoms with Gasteiger partial charge in [0.1, 0.15) is 0 Å². The first-order valence-electron chi connectivity index (χ1n) is 9.48. The van der Waals surface area contributed by atoms with Crippen molar-refractivity contribution < 1.29 is 127 Å². The number of hydrogen-bond acceptors (Lipinski definition) is 11. The second-order valence-corrected chi connectivity index (χ2v) is 6.87. The minimum Gasteiger partial charge on any atom is -0.550 e. The number of carbonyl (C=O) groups is 3. The van der Waals surface area contributed by atoms with E-state index >= 15 is 0 Å². The van der Waals surface area contributed by atoms with Gasteiger partial charge in [0.25, 0.3) is 11.5 Å². The number of amides is 1. The van der Waals surface area contributed by atoms with Gasteiger partial charge < -0.3 is 41.5 Å². The molecule has 0 bridgehead atoms. The number of carboxylic acids is 2. The smallest absolute Gasteiger partial charge is 0.550 e. The van der Waals surface area contributed by atoms with Crippen LogP contribution >= 0.6 is 0 Å². The number of fused-ring (bicyclic) bond motifs is 1. The van der Waals surface area contributed by atoms with Crippen LogP contribution in [0.25, 0.3) is 0 Å². The molecule has 1 atom stereocenters. The SMILES string of the molecule is Nc1nc2c(c(=O)[nH]1)N=C(CNc1ccc(C(=O)NC(CCC(=O)[O-])C(=O)[O-])cc1)CN2.[K+].[K+]. The number of aromatic nitrogens is 2. The van der Waals surface area contributed by atoms with Crippen LogP contribution < -0.4 is 140 Å². The molecule has 6 N–H and O–H groups in total. The Labute approximate surface area is 278 Å². The van der Waals surface area contributed by atoms with E-state index in [9.17, 15) is 29.4 Å². The fourth-order valence-corrected chi connectivity index (χ4v) is 2.89. The zero-order chi connectivity index (χ0) is 23.3. The van der Waals surface area contributed by atoms with Crippen molar-refractivity contribution in [3.63, 3.8) is 0 Å². The van der Waals surface area contributed by atoms with Crippen molar-refractivity contribution in [1.82, 2.24) is 15.3 Å². The molecule has 13 nitrogen and oxygen atoms in total. The summed E-state index contributed by atoms with van der Waals surface area (Å²) in [6, 6.07) is 4.69. The molecule has 15 heteroatoms. The van der Waals surface area contributed by atoms with Gasteiger partial charge >= 0.3 is 103 Å². The Morgan fingerprint density at radius 1 is 1.15 bits per heavy atom. The average molecular weight is 520 g/mol. The summed E-state index contributed by atoms with van der Waals surface area (Å²) in [5, 5.41) is 29.9. The molecule has 0 saturated carbocycles. The fraction of sp³-hybridized carbons (Fsp3) is 0.263. The van der Waals surface area contributed by atoms with Crippen molar-refractivity contribution in [2.24, 2.45) is 4.99 Å². The first kappa shape index (κ1) is 30.9. The minimum atomic E-state index is -1.59. The Bertz CT molecular complexity index is 1140. The number of nitrogens with two attached hydrogens (primary N) is 1. The Hall–Kier alpha value is -1.15. The molecule has 168 valence electrons. The number of nitrogens with zero attached hydrogens (tertiary/aromatic N) is 2. The molecule has 0 saturated heterocycles. The number of H-pyrrole nitrogens is 1. The van der Waals surface area contributed by atoms with Crippen molar-refractivity contribution in [1.29, 1.82) is 0 Å². The average Bonchev–Trinajstić information content (AvgIpc) is 2.75. The van der Waals surface area contributed by atoms with Crippen molar-refractivity contribution in [2.45, 2.75) is 18.9 Å². The fourth-order valence-electron chi connectivity index (χ4n) is 2.89. The quantitative estimate of drug-likeness (QED) is 0.197. The Morgan fingerprint density at radius 2 is 1.82 bits per heavy atom. The number of aliphatic carboxylic acids is 2. The van der Waals surface area contributed by atoms with E-state index in [0.717, 1.165) is 0 Å². The van der Waals surface area contributed by atoms with Crippen LogP contribution in [0.4, 0.5) is 23.1 Å². The second-order valence-electron chi connectivity index (χ2n) is 6.87. The number of nitrogen functional groups attached to an aromatic ring is 1. The first-order valence-corrected chi connectivity index (χ1v) is 9.48. The van der Waals surface area contributed by atoms with E-state index in [1.54, 1.807) is 12.1 Å². The number of carboxylic acid groups (broad SMARTS) is 2. The van der Waals surface area contributed by atoms with Gasteiger partial charge in [-0.15, -0.1) is 0 Å². The molecule has 1 unspecified atom stereocenters. The largest absolute Gasteiger partial charge is 1.00 e. The number of nitrogens with one attached hydrogen (secondary N) is 4. The number of aromatic amines is 1. The van der Waals surface area contributed by atoms with Crippen LogP contribution in [0.15, 0.2) is 34.1 Å². The third-order valence-corrected chi connectivity index (χ3v) is 4.51. The molecule has 2 aromatic rings. The maximum atomic E-state index is 12.2. The van der Waals surface area contributed by atoms with E-state index in [2.05, 4.69) is 30.9 Å². The molecule has 1 aliphatic rings.